The summed E-state index contributed by atoms with van der Waals surface area (Å²) >= 11 is 1.82. The molecule has 0 saturated carbocycles. The molecule has 1 saturated heterocycles. The molecule has 0 bridgehead atoms. The Bertz CT molecular complexity index is 506. The van der Waals surface area contributed by atoms with Crippen molar-refractivity contribution in [2.45, 2.75) is 39.0 Å². The molecule has 4 nitrogen and oxygen atoms in total. The molecule has 1 N–H and O–H groups in total. The molecule has 1 fully saturated rings. The van der Waals surface area contributed by atoms with Crippen molar-refractivity contribution >= 4 is 23.5 Å². The Morgan fingerprint density at radius 3 is 2.71 bits per heavy atom. The molecule has 21 heavy (non-hydrogen) atoms. The van der Waals surface area contributed by atoms with E-state index >= 15 is 0 Å². The molecule has 5 heteroatoms. The van der Waals surface area contributed by atoms with Crippen LogP contribution in [0.5, 0.6) is 0 Å². The van der Waals surface area contributed by atoms with Crippen molar-refractivity contribution in [1.29, 1.82) is 0 Å². The highest BCUT2D eigenvalue weighted by Gasteiger charge is 2.36. The van der Waals surface area contributed by atoms with Gasteiger partial charge in [-0.3, -0.25) is 4.79 Å². The van der Waals surface area contributed by atoms with Gasteiger partial charge in [-0.15, -0.1) is 0 Å². The number of amides is 1. The summed E-state index contributed by atoms with van der Waals surface area (Å²) in [4.78, 5) is 18.4. The largest absolute Gasteiger partial charge is 0.364 e. The fraction of sp³-hybridized carbons (Fsp3) is 0.625. The van der Waals surface area contributed by atoms with Gasteiger partial charge < -0.3 is 10.2 Å². The Hall–Kier alpha value is -1.23. The first kappa shape index (κ1) is 16.1. The average molecular weight is 307 g/mol. The lowest BCUT2D eigenvalue weighted by Gasteiger charge is -2.42. The lowest BCUT2D eigenvalue weighted by molar-refractivity contribution is -0.143. The number of hydrogen-bond acceptors (Lipinski definition) is 4. The van der Waals surface area contributed by atoms with Crippen molar-refractivity contribution < 1.29 is 4.79 Å². The number of nitrogens with one attached hydrogen (secondary N) is 1. The van der Waals surface area contributed by atoms with Crippen molar-refractivity contribution in [2.75, 3.05) is 24.7 Å². The van der Waals surface area contributed by atoms with E-state index < -0.39 is 0 Å². The Morgan fingerprint density at radius 1 is 1.48 bits per heavy atom. The SMILES string of the molecule is CSC(C)c1ccnc(NC2CN(C(=O)C(C)(C)C)C2)c1. The van der Waals surface area contributed by atoms with E-state index in [1.54, 1.807) is 0 Å². The van der Waals surface area contributed by atoms with Gasteiger partial charge >= 0.3 is 0 Å². The van der Waals surface area contributed by atoms with Crippen molar-refractivity contribution in [1.82, 2.24) is 9.88 Å². The summed E-state index contributed by atoms with van der Waals surface area (Å²) in [6, 6.07) is 4.47. The molecule has 1 unspecified atom stereocenters. The highest BCUT2D eigenvalue weighted by Crippen LogP contribution is 2.27. The third-order valence-electron chi connectivity index (χ3n) is 3.77. The number of hydrogen-bond donors (Lipinski definition) is 1. The lowest BCUT2D eigenvalue weighted by Crippen LogP contribution is -2.59. The van der Waals surface area contributed by atoms with E-state index in [1.807, 2.05) is 43.6 Å². The Labute approximate surface area is 131 Å². The fourth-order valence-electron chi connectivity index (χ4n) is 2.33. The summed E-state index contributed by atoms with van der Waals surface area (Å²) in [6.45, 7) is 9.61. The number of carbonyl (C=O) groups excluding carboxylic acids is 1. The van der Waals surface area contributed by atoms with Crippen LogP contribution >= 0.6 is 11.8 Å². The first-order valence-corrected chi connectivity index (χ1v) is 8.64. The van der Waals surface area contributed by atoms with Gasteiger partial charge in [-0.2, -0.15) is 11.8 Å². The maximum absolute atomic E-state index is 12.1. The number of likely N-dealkylation sites (tertiary alicyclic amines) is 1. The minimum atomic E-state index is -0.295. The summed E-state index contributed by atoms with van der Waals surface area (Å²) in [7, 11) is 0. The Morgan fingerprint density at radius 2 is 2.14 bits per heavy atom. The van der Waals surface area contributed by atoms with Gasteiger partial charge in [0.1, 0.15) is 5.82 Å². The van der Waals surface area contributed by atoms with Crippen molar-refractivity contribution in [3.8, 4) is 0 Å². The van der Waals surface area contributed by atoms with Gasteiger partial charge in [0.05, 0.1) is 6.04 Å². The molecule has 0 spiro atoms. The van der Waals surface area contributed by atoms with Crippen molar-refractivity contribution in [3.63, 3.8) is 0 Å². The van der Waals surface area contributed by atoms with Gasteiger partial charge in [0.25, 0.3) is 0 Å². The highest BCUT2D eigenvalue weighted by atomic mass is 32.2. The van der Waals surface area contributed by atoms with Crippen LogP contribution in [0.1, 0.15) is 38.5 Å². The zero-order valence-corrected chi connectivity index (χ0v) is 14.3. The second kappa shape index (κ2) is 6.26. The molecule has 1 aromatic rings. The van der Waals surface area contributed by atoms with Crippen LogP contribution in [-0.4, -0.2) is 41.2 Å². The number of aromatic nitrogens is 1. The average Bonchev–Trinajstić information content (AvgIpc) is 2.40. The molecule has 1 aliphatic heterocycles. The summed E-state index contributed by atoms with van der Waals surface area (Å²) in [5.74, 6) is 1.12. The van der Waals surface area contributed by atoms with Gasteiger partial charge in [0, 0.05) is 30.0 Å². The number of pyridine rings is 1. The zero-order chi connectivity index (χ0) is 15.6. The molecule has 0 aromatic carbocycles. The number of anilines is 1. The van der Waals surface area contributed by atoms with E-state index in [0.29, 0.717) is 11.3 Å². The molecule has 2 rings (SSSR count). The predicted octanol–water partition coefficient (Wildman–Crippen LogP) is 3.17. The van der Waals surface area contributed by atoms with Gasteiger partial charge in [-0.05, 0) is 30.9 Å². The van der Waals surface area contributed by atoms with Crippen LogP contribution in [0.2, 0.25) is 0 Å². The summed E-state index contributed by atoms with van der Waals surface area (Å²) in [5, 5.41) is 3.89. The molecule has 1 aromatic heterocycles. The number of carbonyl (C=O) groups is 1. The van der Waals surface area contributed by atoms with Gasteiger partial charge in [-0.25, -0.2) is 4.98 Å². The molecule has 1 aliphatic rings. The monoisotopic (exact) mass is 307 g/mol. The molecule has 2 heterocycles. The standard InChI is InChI=1S/C16H25N3OS/c1-11(21-5)12-6-7-17-14(8-12)18-13-9-19(10-13)15(20)16(2,3)4/h6-8,11,13H,9-10H2,1-5H3,(H,17,18). The van der Waals surface area contributed by atoms with E-state index in [-0.39, 0.29) is 11.3 Å². The van der Waals surface area contributed by atoms with E-state index in [4.69, 9.17) is 0 Å². The van der Waals surface area contributed by atoms with Crippen LogP contribution in [0.15, 0.2) is 18.3 Å². The van der Waals surface area contributed by atoms with Crippen LogP contribution in [0.25, 0.3) is 0 Å². The molecule has 1 atom stereocenters. The van der Waals surface area contributed by atoms with Crippen molar-refractivity contribution in [3.05, 3.63) is 23.9 Å². The number of thioether (sulfide) groups is 1. The van der Waals surface area contributed by atoms with Crippen LogP contribution in [-0.2, 0) is 4.79 Å². The lowest BCUT2D eigenvalue weighted by atomic mass is 9.92. The second-order valence-electron chi connectivity index (χ2n) is 6.65. The van der Waals surface area contributed by atoms with Crippen LogP contribution in [0.4, 0.5) is 5.82 Å². The normalized spacial score (nSPS) is 17.3. The third-order valence-corrected chi connectivity index (χ3v) is 4.75. The zero-order valence-electron chi connectivity index (χ0n) is 13.5. The molecule has 0 aliphatic carbocycles. The first-order valence-electron chi connectivity index (χ1n) is 7.36. The summed E-state index contributed by atoms with van der Waals surface area (Å²) in [5.41, 5.74) is 0.985. The van der Waals surface area contributed by atoms with Crippen LogP contribution in [0, 0.1) is 5.41 Å². The fourth-order valence-corrected chi connectivity index (χ4v) is 2.75. The molecular weight excluding hydrogens is 282 g/mol. The quantitative estimate of drug-likeness (QED) is 0.928. The molecule has 0 radical (unpaired) electrons. The minimum Gasteiger partial charge on any atom is -0.364 e. The van der Waals surface area contributed by atoms with E-state index in [1.165, 1.54) is 5.56 Å². The third kappa shape index (κ3) is 3.90. The topological polar surface area (TPSA) is 45.2 Å². The van der Waals surface area contributed by atoms with Crippen LogP contribution < -0.4 is 5.32 Å². The molecule has 1 amide bonds. The van der Waals surface area contributed by atoms with Crippen molar-refractivity contribution in [2.24, 2.45) is 5.41 Å². The number of nitrogens with zero attached hydrogens (tertiary/aromatic N) is 2. The predicted molar refractivity (Wildman–Crippen MR) is 89.6 cm³/mol. The van der Waals surface area contributed by atoms with E-state index in [9.17, 15) is 4.79 Å². The molecular formula is C16H25N3OS. The maximum atomic E-state index is 12.1. The van der Waals surface area contributed by atoms with Gasteiger partial charge in [-0.1, -0.05) is 20.8 Å². The summed E-state index contributed by atoms with van der Waals surface area (Å²) in [6.07, 6.45) is 3.96. The molecule has 116 valence electrons. The Kier molecular flexibility index (Phi) is 4.81. The van der Waals surface area contributed by atoms with E-state index in [0.717, 1.165) is 18.9 Å². The smallest absolute Gasteiger partial charge is 0.228 e. The van der Waals surface area contributed by atoms with Crippen LogP contribution in [0.3, 0.4) is 0 Å². The number of rotatable bonds is 4. The van der Waals surface area contributed by atoms with Gasteiger partial charge in [0.15, 0.2) is 0 Å². The van der Waals surface area contributed by atoms with Gasteiger partial charge in [0.2, 0.25) is 5.91 Å². The highest BCUT2D eigenvalue weighted by molar-refractivity contribution is 7.98. The summed E-state index contributed by atoms with van der Waals surface area (Å²) < 4.78 is 0. The maximum Gasteiger partial charge on any atom is 0.228 e. The van der Waals surface area contributed by atoms with E-state index in [2.05, 4.69) is 35.6 Å². The second-order valence-corrected chi connectivity index (χ2v) is 7.83. The first-order chi connectivity index (χ1) is 9.81. The minimum absolute atomic E-state index is 0.221. The Balaban J connectivity index is 1.89.